The second-order valence-corrected chi connectivity index (χ2v) is 3.05. The molecule has 0 fully saturated rings. The summed E-state index contributed by atoms with van der Waals surface area (Å²) in [5.41, 5.74) is 1.02. The molecule has 0 atom stereocenters. The zero-order valence-corrected chi connectivity index (χ0v) is 6.35. The van der Waals surface area contributed by atoms with E-state index in [2.05, 4.69) is 21.6 Å². The molecule has 0 spiro atoms. The van der Waals surface area contributed by atoms with Crippen molar-refractivity contribution in [1.82, 2.24) is 10.2 Å². The van der Waals surface area contributed by atoms with Crippen LogP contribution < -0.4 is 0 Å². The van der Waals surface area contributed by atoms with E-state index in [1.807, 2.05) is 6.92 Å². The Balaban J connectivity index is 2.95. The fourth-order valence-electron chi connectivity index (χ4n) is 0.938. The summed E-state index contributed by atoms with van der Waals surface area (Å²) in [5, 5.41) is 11.0. The van der Waals surface area contributed by atoms with E-state index in [9.17, 15) is 0 Å². The van der Waals surface area contributed by atoms with Crippen molar-refractivity contribution in [3.63, 3.8) is 0 Å². The van der Waals surface area contributed by atoms with E-state index in [0.717, 1.165) is 5.69 Å². The molecule has 2 aromatic rings. The van der Waals surface area contributed by atoms with Crippen molar-refractivity contribution >= 4 is 21.4 Å². The lowest BCUT2D eigenvalue weighted by atomic mass is 10.3. The van der Waals surface area contributed by atoms with E-state index in [1.54, 1.807) is 17.5 Å². The van der Waals surface area contributed by atoms with Crippen LogP contribution >= 0.6 is 11.3 Å². The second kappa shape index (κ2) is 2.02. The van der Waals surface area contributed by atoms with E-state index in [1.165, 1.54) is 10.1 Å². The minimum atomic E-state index is 1.02. The van der Waals surface area contributed by atoms with Crippen LogP contribution in [0.1, 0.15) is 5.69 Å². The first kappa shape index (κ1) is 5.80. The third-order valence-electron chi connectivity index (χ3n) is 1.43. The molecule has 0 aliphatic heterocycles. The molecular formula is C7H6N2S. The summed E-state index contributed by atoms with van der Waals surface area (Å²) in [7, 11) is 0. The number of aryl methyl sites for hydroxylation is 1. The topological polar surface area (TPSA) is 25.8 Å². The molecule has 2 heterocycles. The lowest BCUT2D eigenvalue weighted by Gasteiger charge is -1.89. The molecule has 0 aliphatic rings. The van der Waals surface area contributed by atoms with Gasteiger partial charge in [0.15, 0.2) is 0 Å². The Labute approximate surface area is 62.5 Å². The van der Waals surface area contributed by atoms with Gasteiger partial charge in [-0.2, -0.15) is 10.2 Å². The summed E-state index contributed by atoms with van der Waals surface area (Å²) in [4.78, 5) is 0. The Kier molecular flexibility index (Phi) is 1.17. The Morgan fingerprint density at radius 1 is 1.50 bits per heavy atom. The molecule has 0 bridgehead atoms. The van der Waals surface area contributed by atoms with Gasteiger partial charge in [-0.05, 0) is 18.4 Å². The Hall–Kier alpha value is -0.960. The Bertz CT molecular complexity index is 353. The third-order valence-corrected chi connectivity index (χ3v) is 2.47. The van der Waals surface area contributed by atoms with E-state index < -0.39 is 0 Å². The third kappa shape index (κ3) is 0.708. The molecule has 0 N–H and O–H groups in total. The van der Waals surface area contributed by atoms with Crippen molar-refractivity contribution < 1.29 is 0 Å². The zero-order chi connectivity index (χ0) is 6.97. The molecule has 0 aromatic carbocycles. The maximum Gasteiger partial charge on any atom is 0.0777 e. The summed E-state index contributed by atoms with van der Waals surface area (Å²) in [6.45, 7) is 1.98. The predicted octanol–water partition coefficient (Wildman–Crippen LogP) is 2.00. The second-order valence-electron chi connectivity index (χ2n) is 2.14. The van der Waals surface area contributed by atoms with Crippen molar-refractivity contribution in [2.75, 3.05) is 0 Å². The van der Waals surface area contributed by atoms with E-state index in [0.29, 0.717) is 0 Å². The number of aromatic nitrogens is 2. The number of rotatable bonds is 0. The first-order chi connectivity index (χ1) is 4.88. The van der Waals surface area contributed by atoms with Crippen LogP contribution in [0.5, 0.6) is 0 Å². The molecule has 0 saturated carbocycles. The number of thiophene rings is 1. The summed E-state index contributed by atoms with van der Waals surface area (Å²) in [6.07, 6.45) is 1.79. The van der Waals surface area contributed by atoms with E-state index in [-0.39, 0.29) is 0 Å². The quantitative estimate of drug-likeness (QED) is 0.574. The zero-order valence-electron chi connectivity index (χ0n) is 5.53. The molecule has 0 unspecified atom stereocenters. The fourth-order valence-corrected chi connectivity index (χ4v) is 1.76. The highest BCUT2D eigenvalue weighted by Crippen LogP contribution is 2.20. The molecule has 0 aliphatic carbocycles. The highest BCUT2D eigenvalue weighted by molar-refractivity contribution is 7.17. The van der Waals surface area contributed by atoms with Crippen molar-refractivity contribution in [2.24, 2.45) is 0 Å². The summed E-state index contributed by atoms with van der Waals surface area (Å²) >= 11 is 1.71. The highest BCUT2D eigenvalue weighted by Gasteiger charge is 1.97. The van der Waals surface area contributed by atoms with Gasteiger partial charge in [-0.3, -0.25) is 0 Å². The summed E-state index contributed by atoms with van der Waals surface area (Å²) < 4.78 is 1.25. The molecule has 0 radical (unpaired) electrons. The monoisotopic (exact) mass is 150 g/mol. The van der Waals surface area contributed by atoms with Gasteiger partial charge in [-0.15, -0.1) is 11.3 Å². The lowest BCUT2D eigenvalue weighted by Crippen LogP contribution is -1.82. The predicted molar refractivity (Wildman–Crippen MR) is 42.2 cm³/mol. The lowest BCUT2D eigenvalue weighted by molar-refractivity contribution is 1.01. The van der Waals surface area contributed by atoms with Crippen LogP contribution in [-0.4, -0.2) is 10.2 Å². The van der Waals surface area contributed by atoms with Gasteiger partial charge in [0.1, 0.15) is 0 Å². The normalized spacial score (nSPS) is 10.5. The SMILES string of the molecule is Cc1nncc2ccsc12. The van der Waals surface area contributed by atoms with Crippen molar-refractivity contribution in [3.05, 3.63) is 23.3 Å². The van der Waals surface area contributed by atoms with Crippen LogP contribution in [0.4, 0.5) is 0 Å². The average molecular weight is 150 g/mol. The Morgan fingerprint density at radius 3 is 3.20 bits per heavy atom. The maximum absolute atomic E-state index is 3.94. The first-order valence-corrected chi connectivity index (χ1v) is 3.91. The summed E-state index contributed by atoms with van der Waals surface area (Å²) in [5.74, 6) is 0. The Morgan fingerprint density at radius 2 is 2.40 bits per heavy atom. The molecule has 2 nitrogen and oxygen atoms in total. The number of hydrogen-bond donors (Lipinski definition) is 0. The van der Waals surface area contributed by atoms with Crippen LogP contribution in [0, 0.1) is 6.92 Å². The minimum Gasteiger partial charge on any atom is -0.158 e. The van der Waals surface area contributed by atoms with E-state index >= 15 is 0 Å². The average Bonchev–Trinajstić information content (AvgIpc) is 2.36. The van der Waals surface area contributed by atoms with Gasteiger partial charge in [0.05, 0.1) is 16.6 Å². The van der Waals surface area contributed by atoms with Gasteiger partial charge in [-0.1, -0.05) is 0 Å². The van der Waals surface area contributed by atoms with Crippen LogP contribution in [0.2, 0.25) is 0 Å². The largest absolute Gasteiger partial charge is 0.158 e. The van der Waals surface area contributed by atoms with Crippen LogP contribution in [-0.2, 0) is 0 Å². The van der Waals surface area contributed by atoms with Crippen LogP contribution in [0.25, 0.3) is 10.1 Å². The number of nitrogens with zero attached hydrogens (tertiary/aromatic N) is 2. The van der Waals surface area contributed by atoms with Gasteiger partial charge in [0.25, 0.3) is 0 Å². The molecule has 3 heteroatoms. The van der Waals surface area contributed by atoms with E-state index in [4.69, 9.17) is 0 Å². The molecule has 0 amide bonds. The van der Waals surface area contributed by atoms with Gasteiger partial charge in [0, 0.05) is 5.39 Å². The summed E-state index contributed by atoms with van der Waals surface area (Å²) in [6, 6.07) is 2.06. The van der Waals surface area contributed by atoms with Crippen molar-refractivity contribution in [2.45, 2.75) is 6.92 Å². The van der Waals surface area contributed by atoms with Gasteiger partial charge >= 0.3 is 0 Å². The maximum atomic E-state index is 3.94. The number of hydrogen-bond acceptors (Lipinski definition) is 3. The standard InChI is InChI=1S/C7H6N2S/c1-5-7-6(2-3-10-7)4-8-9-5/h2-4H,1H3. The van der Waals surface area contributed by atoms with Crippen molar-refractivity contribution in [3.8, 4) is 0 Å². The smallest absolute Gasteiger partial charge is 0.0777 e. The van der Waals surface area contributed by atoms with Gasteiger partial charge in [-0.25, -0.2) is 0 Å². The highest BCUT2D eigenvalue weighted by atomic mass is 32.1. The van der Waals surface area contributed by atoms with Gasteiger partial charge < -0.3 is 0 Å². The fraction of sp³-hybridized carbons (Fsp3) is 0.143. The molecule has 10 heavy (non-hydrogen) atoms. The molecule has 2 rings (SSSR count). The molecular weight excluding hydrogens is 144 g/mol. The van der Waals surface area contributed by atoms with Crippen molar-refractivity contribution in [1.29, 1.82) is 0 Å². The molecule has 2 aromatic heterocycles. The number of fused-ring (bicyclic) bond motifs is 1. The van der Waals surface area contributed by atoms with Gasteiger partial charge in [0.2, 0.25) is 0 Å². The molecule has 0 saturated heterocycles. The first-order valence-electron chi connectivity index (χ1n) is 3.03. The molecule has 50 valence electrons. The van der Waals surface area contributed by atoms with Crippen LogP contribution in [0.3, 0.4) is 0 Å². The minimum absolute atomic E-state index is 1.02. The van der Waals surface area contributed by atoms with Crippen LogP contribution in [0.15, 0.2) is 17.6 Å².